The van der Waals surface area contributed by atoms with Gasteiger partial charge in [0.2, 0.25) is 0 Å². The summed E-state index contributed by atoms with van der Waals surface area (Å²) in [5, 5.41) is 3.09. The average Bonchev–Trinajstić information content (AvgIpc) is 2.01. The molecule has 68 valence electrons. The van der Waals surface area contributed by atoms with Crippen molar-refractivity contribution in [2.75, 3.05) is 0 Å². The number of hydrogen-bond donors (Lipinski definition) is 0. The van der Waals surface area contributed by atoms with Crippen LogP contribution in [0.1, 0.15) is 30.5 Å². The van der Waals surface area contributed by atoms with Crippen LogP contribution in [0.15, 0.2) is 17.3 Å². The maximum Gasteiger partial charge on any atom is 0.112 e. The third kappa shape index (κ3) is 1.09. The first-order valence-electron chi connectivity index (χ1n) is 4.52. The molecule has 0 saturated carbocycles. The molecule has 2 nitrogen and oxygen atoms in total. The molecule has 0 aliphatic heterocycles. The van der Waals surface area contributed by atoms with Crippen LogP contribution in [0.4, 0.5) is 5.69 Å². The van der Waals surface area contributed by atoms with Crippen molar-refractivity contribution in [1.29, 1.82) is 0 Å². The fraction of sp³-hybridized carbons (Fsp3) is 0.455. The highest BCUT2D eigenvalue weighted by molar-refractivity contribution is 5.61. The zero-order valence-electron chi connectivity index (χ0n) is 8.22. The molecule has 0 fully saturated rings. The molecule has 1 aliphatic carbocycles. The minimum Gasteiger partial charge on any atom is -0.145 e. The highest BCUT2D eigenvalue weighted by atomic mass is 16.3. The molecular formula is C11H13NO. The van der Waals surface area contributed by atoms with Gasteiger partial charge in [0, 0.05) is 0 Å². The Morgan fingerprint density at radius 1 is 1.38 bits per heavy atom. The van der Waals surface area contributed by atoms with Gasteiger partial charge >= 0.3 is 0 Å². The van der Waals surface area contributed by atoms with Crippen molar-refractivity contribution in [3.8, 4) is 0 Å². The molecule has 1 aromatic rings. The molecule has 0 atom stereocenters. The molecule has 13 heavy (non-hydrogen) atoms. The van der Waals surface area contributed by atoms with E-state index in [1.165, 1.54) is 5.56 Å². The minimum atomic E-state index is 0.145. The second kappa shape index (κ2) is 2.41. The lowest BCUT2D eigenvalue weighted by atomic mass is 9.65. The normalized spacial score (nSPS) is 17.5. The third-order valence-electron chi connectivity index (χ3n) is 2.75. The maximum atomic E-state index is 10.6. The highest BCUT2D eigenvalue weighted by Crippen LogP contribution is 2.46. The first-order chi connectivity index (χ1) is 6.04. The fourth-order valence-corrected chi connectivity index (χ4v) is 2.29. The average molecular weight is 175 g/mol. The van der Waals surface area contributed by atoms with Gasteiger partial charge in [0.15, 0.2) is 0 Å². The lowest BCUT2D eigenvalue weighted by molar-refractivity contribution is 0.456. The Labute approximate surface area is 77.9 Å². The second-order valence-corrected chi connectivity index (χ2v) is 4.47. The molecule has 2 heteroatoms. The van der Waals surface area contributed by atoms with Crippen molar-refractivity contribution in [1.82, 2.24) is 0 Å². The van der Waals surface area contributed by atoms with E-state index in [2.05, 4.69) is 25.1 Å². The second-order valence-electron chi connectivity index (χ2n) is 4.47. The number of rotatable bonds is 1. The summed E-state index contributed by atoms with van der Waals surface area (Å²) in [5.74, 6) is 0. The first-order valence-corrected chi connectivity index (χ1v) is 4.52. The van der Waals surface area contributed by atoms with E-state index in [1.807, 2.05) is 13.0 Å². The van der Waals surface area contributed by atoms with Crippen LogP contribution < -0.4 is 0 Å². The summed E-state index contributed by atoms with van der Waals surface area (Å²) in [5.41, 5.74) is 4.34. The van der Waals surface area contributed by atoms with Gasteiger partial charge in [-0.1, -0.05) is 19.9 Å². The van der Waals surface area contributed by atoms with E-state index in [4.69, 9.17) is 0 Å². The molecule has 0 amide bonds. The Balaban J connectivity index is 2.64. The molecule has 0 unspecified atom stereocenters. The van der Waals surface area contributed by atoms with Crippen molar-refractivity contribution >= 4 is 5.69 Å². The van der Waals surface area contributed by atoms with Gasteiger partial charge in [-0.25, -0.2) is 0 Å². The van der Waals surface area contributed by atoms with Crippen molar-refractivity contribution in [2.45, 2.75) is 32.6 Å². The Kier molecular flexibility index (Phi) is 1.56. The Morgan fingerprint density at radius 3 is 2.62 bits per heavy atom. The summed E-state index contributed by atoms with van der Waals surface area (Å²) in [6, 6.07) is 4.02. The summed E-state index contributed by atoms with van der Waals surface area (Å²) >= 11 is 0. The van der Waals surface area contributed by atoms with Crippen LogP contribution in [0.3, 0.4) is 0 Å². The lowest BCUT2D eigenvalue weighted by Gasteiger charge is -2.38. The van der Waals surface area contributed by atoms with Crippen LogP contribution in [-0.2, 0) is 11.8 Å². The van der Waals surface area contributed by atoms with Crippen molar-refractivity contribution in [3.63, 3.8) is 0 Å². The number of nitroso groups, excluding NO2 is 1. The van der Waals surface area contributed by atoms with Gasteiger partial charge in [0.1, 0.15) is 5.69 Å². The Bertz CT molecular complexity index is 380. The van der Waals surface area contributed by atoms with E-state index in [0.717, 1.165) is 17.5 Å². The topological polar surface area (TPSA) is 29.4 Å². The number of hydrogen-bond acceptors (Lipinski definition) is 2. The predicted octanol–water partition coefficient (Wildman–Crippen LogP) is 3.23. The monoisotopic (exact) mass is 175 g/mol. The van der Waals surface area contributed by atoms with Crippen LogP contribution >= 0.6 is 0 Å². The zero-order valence-corrected chi connectivity index (χ0v) is 8.22. The standard InChI is InChI=1S/C11H13NO/c1-7-4-8-6-11(2,3)10(8)9(5-7)12-13/h4-5H,6H2,1-3H3. The Hall–Kier alpha value is -1.18. The molecule has 2 rings (SSSR count). The lowest BCUT2D eigenvalue weighted by Crippen LogP contribution is -2.32. The maximum absolute atomic E-state index is 10.6. The summed E-state index contributed by atoms with van der Waals surface area (Å²) in [6.45, 7) is 6.30. The van der Waals surface area contributed by atoms with E-state index in [1.54, 1.807) is 0 Å². The van der Waals surface area contributed by atoms with Gasteiger partial charge in [-0.2, -0.15) is 0 Å². The molecule has 0 aromatic heterocycles. The van der Waals surface area contributed by atoms with Crippen molar-refractivity contribution in [2.24, 2.45) is 5.18 Å². The van der Waals surface area contributed by atoms with Gasteiger partial charge in [0.05, 0.1) is 0 Å². The molecule has 0 heterocycles. The first kappa shape index (κ1) is 8.42. The van der Waals surface area contributed by atoms with E-state index < -0.39 is 0 Å². The van der Waals surface area contributed by atoms with E-state index in [0.29, 0.717) is 5.69 Å². The van der Waals surface area contributed by atoms with Gasteiger partial charge in [-0.15, -0.1) is 4.91 Å². The number of fused-ring (bicyclic) bond motifs is 1. The fourth-order valence-electron chi connectivity index (χ4n) is 2.29. The largest absolute Gasteiger partial charge is 0.145 e. The molecule has 0 N–H and O–H groups in total. The number of benzene rings is 1. The van der Waals surface area contributed by atoms with E-state index in [-0.39, 0.29) is 5.41 Å². The summed E-state index contributed by atoms with van der Waals surface area (Å²) in [6.07, 6.45) is 1.06. The summed E-state index contributed by atoms with van der Waals surface area (Å²) in [7, 11) is 0. The van der Waals surface area contributed by atoms with Gasteiger partial charge in [-0.3, -0.25) is 0 Å². The molecule has 0 spiro atoms. The van der Waals surface area contributed by atoms with Gasteiger partial charge in [-0.05, 0) is 46.7 Å². The molecule has 0 saturated heterocycles. The smallest absolute Gasteiger partial charge is 0.112 e. The molecular weight excluding hydrogens is 162 g/mol. The molecule has 0 bridgehead atoms. The van der Waals surface area contributed by atoms with Crippen LogP contribution in [0.2, 0.25) is 0 Å². The molecule has 1 aromatic carbocycles. The van der Waals surface area contributed by atoms with Gasteiger partial charge < -0.3 is 0 Å². The quantitative estimate of drug-likeness (QED) is 0.602. The number of aryl methyl sites for hydroxylation is 1. The van der Waals surface area contributed by atoms with Crippen molar-refractivity contribution < 1.29 is 0 Å². The van der Waals surface area contributed by atoms with E-state index in [9.17, 15) is 4.91 Å². The van der Waals surface area contributed by atoms with Crippen LogP contribution in [0.5, 0.6) is 0 Å². The van der Waals surface area contributed by atoms with Crippen molar-refractivity contribution in [3.05, 3.63) is 33.7 Å². The highest BCUT2D eigenvalue weighted by Gasteiger charge is 2.36. The summed E-state index contributed by atoms with van der Waals surface area (Å²) in [4.78, 5) is 10.6. The van der Waals surface area contributed by atoms with E-state index >= 15 is 0 Å². The Morgan fingerprint density at radius 2 is 2.08 bits per heavy atom. The van der Waals surface area contributed by atoms with Gasteiger partial charge in [0.25, 0.3) is 0 Å². The molecule has 1 aliphatic rings. The van der Waals surface area contributed by atoms with Crippen LogP contribution in [0.25, 0.3) is 0 Å². The third-order valence-corrected chi connectivity index (χ3v) is 2.75. The van der Waals surface area contributed by atoms with Crippen LogP contribution in [-0.4, -0.2) is 0 Å². The molecule has 0 radical (unpaired) electrons. The minimum absolute atomic E-state index is 0.145. The SMILES string of the molecule is Cc1cc2c(c(N=O)c1)C(C)(C)C2. The summed E-state index contributed by atoms with van der Waals surface area (Å²) < 4.78 is 0. The number of nitrogens with zero attached hydrogens (tertiary/aromatic N) is 1. The zero-order chi connectivity index (χ0) is 9.64. The predicted molar refractivity (Wildman–Crippen MR) is 53.4 cm³/mol. The van der Waals surface area contributed by atoms with Crippen LogP contribution in [0, 0.1) is 11.8 Å².